The van der Waals surface area contributed by atoms with E-state index in [4.69, 9.17) is 16.0 Å². The summed E-state index contributed by atoms with van der Waals surface area (Å²) >= 11 is 7.19. The Labute approximate surface area is 183 Å². The number of nitriles is 1. The molecule has 0 unspecified atom stereocenters. The van der Waals surface area contributed by atoms with Crippen LogP contribution in [0.1, 0.15) is 30.9 Å². The Kier molecular flexibility index (Phi) is 5.98. The Morgan fingerprint density at radius 2 is 2.20 bits per heavy atom. The molecule has 6 nitrogen and oxygen atoms in total. The number of rotatable bonds is 5. The minimum Gasteiger partial charge on any atom is -0.468 e. The normalized spacial score (nSPS) is 18.5. The lowest BCUT2D eigenvalue weighted by atomic mass is 9.79. The van der Waals surface area contributed by atoms with Crippen molar-refractivity contribution in [2.75, 3.05) is 11.1 Å². The number of hydrogen-bond acceptors (Lipinski definition) is 6. The molecule has 0 radical (unpaired) electrons. The van der Waals surface area contributed by atoms with Crippen LogP contribution in [-0.4, -0.2) is 17.4 Å². The van der Waals surface area contributed by atoms with Gasteiger partial charge in [0.05, 0.1) is 34.6 Å². The molecular weight excluding hydrogens is 422 g/mol. The molecule has 2 N–H and O–H groups in total. The van der Waals surface area contributed by atoms with Crippen molar-refractivity contribution in [1.29, 1.82) is 5.26 Å². The molecule has 2 heterocycles. The van der Waals surface area contributed by atoms with E-state index in [0.717, 1.165) is 18.5 Å². The fourth-order valence-corrected chi connectivity index (χ4v) is 4.73. The number of thioether (sulfide) groups is 1. The van der Waals surface area contributed by atoms with E-state index in [9.17, 15) is 14.9 Å². The van der Waals surface area contributed by atoms with Gasteiger partial charge in [-0.25, -0.2) is 0 Å². The van der Waals surface area contributed by atoms with Gasteiger partial charge >= 0.3 is 0 Å². The van der Waals surface area contributed by atoms with Gasteiger partial charge in [-0.05, 0) is 43.2 Å². The molecule has 1 aliphatic heterocycles. The largest absolute Gasteiger partial charge is 0.468 e. The first-order valence-electron chi connectivity index (χ1n) is 9.46. The molecule has 0 saturated carbocycles. The van der Waals surface area contributed by atoms with Crippen LogP contribution in [0.2, 0.25) is 5.02 Å². The van der Waals surface area contributed by atoms with E-state index >= 15 is 0 Å². The summed E-state index contributed by atoms with van der Waals surface area (Å²) in [5.74, 6) is -0.0880. The Morgan fingerprint density at radius 3 is 2.93 bits per heavy atom. The van der Waals surface area contributed by atoms with Gasteiger partial charge in [-0.1, -0.05) is 29.4 Å². The first-order valence-corrected chi connectivity index (χ1v) is 10.8. The van der Waals surface area contributed by atoms with E-state index in [2.05, 4.69) is 16.7 Å². The van der Waals surface area contributed by atoms with Crippen LogP contribution in [-0.2, 0) is 9.59 Å². The van der Waals surface area contributed by atoms with E-state index in [-0.39, 0.29) is 17.4 Å². The highest BCUT2D eigenvalue weighted by Crippen LogP contribution is 2.44. The quantitative estimate of drug-likeness (QED) is 0.699. The SMILES string of the molecule is N#CC1=C(SCC(=O)Nc2cccc(Cl)c2)NC2=C(C(=O)CCC2)[C@H]1c1ccco1. The lowest BCUT2D eigenvalue weighted by Gasteiger charge is -2.32. The Morgan fingerprint density at radius 1 is 1.33 bits per heavy atom. The third-order valence-corrected chi connectivity index (χ3v) is 6.20. The van der Waals surface area contributed by atoms with Crippen LogP contribution in [0.4, 0.5) is 5.69 Å². The standard InChI is InChI=1S/C22H18ClN3O3S/c23-13-4-1-5-14(10-13)25-19(28)12-30-22-15(11-24)20(18-8-3-9-29-18)21-16(26-22)6-2-7-17(21)27/h1,3-5,8-10,20,26H,2,6-7,12H2,(H,25,28)/t20-/m1/s1. The second-order valence-corrected chi connectivity index (χ2v) is 8.37. The van der Waals surface area contributed by atoms with Crippen LogP contribution in [0.25, 0.3) is 0 Å². The second-order valence-electron chi connectivity index (χ2n) is 6.94. The summed E-state index contributed by atoms with van der Waals surface area (Å²) in [6.45, 7) is 0. The first-order chi connectivity index (χ1) is 14.6. The fourth-order valence-electron chi connectivity index (χ4n) is 3.68. The third kappa shape index (κ3) is 4.16. The van der Waals surface area contributed by atoms with Crippen molar-refractivity contribution in [3.05, 3.63) is 75.3 Å². The number of amides is 1. The Balaban J connectivity index is 1.57. The van der Waals surface area contributed by atoms with Crippen LogP contribution in [0.15, 0.2) is 69.0 Å². The molecule has 30 heavy (non-hydrogen) atoms. The van der Waals surface area contributed by atoms with Crippen molar-refractivity contribution in [2.24, 2.45) is 0 Å². The van der Waals surface area contributed by atoms with Crippen LogP contribution < -0.4 is 10.6 Å². The summed E-state index contributed by atoms with van der Waals surface area (Å²) in [6, 6.07) is 12.6. The zero-order valence-corrected chi connectivity index (χ0v) is 17.5. The van der Waals surface area contributed by atoms with Crippen molar-refractivity contribution in [1.82, 2.24) is 5.32 Å². The molecule has 0 saturated heterocycles. The zero-order valence-electron chi connectivity index (χ0n) is 15.9. The Bertz CT molecular complexity index is 1100. The van der Waals surface area contributed by atoms with Gasteiger partial charge in [0.15, 0.2) is 5.78 Å². The van der Waals surface area contributed by atoms with Gasteiger partial charge in [-0.15, -0.1) is 0 Å². The number of anilines is 1. The number of Topliss-reactive ketones (excluding diaryl/α,β-unsaturated/α-hetero) is 1. The number of dihydropyridines is 1. The Hall–Kier alpha value is -2.95. The van der Waals surface area contributed by atoms with Gasteiger partial charge in [0.1, 0.15) is 5.76 Å². The van der Waals surface area contributed by atoms with Gasteiger partial charge in [0.2, 0.25) is 5.91 Å². The second kappa shape index (κ2) is 8.82. The topological polar surface area (TPSA) is 95.1 Å². The number of carbonyl (C=O) groups is 2. The smallest absolute Gasteiger partial charge is 0.234 e. The molecule has 8 heteroatoms. The fraction of sp³-hybridized carbons (Fsp3) is 0.227. The van der Waals surface area contributed by atoms with Gasteiger partial charge < -0.3 is 15.1 Å². The van der Waals surface area contributed by atoms with E-state index in [1.807, 2.05) is 0 Å². The number of benzene rings is 1. The molecule has 152 valence electrons. The van der Waals surface area contributed by atoms with Crippen molar-refractivity contribution in [3.8, 4) is 6.07 Å². The van der Waals surface area contributed by atoms with Gasteiger partial charge in [-0.2, -0.15) is 5.26 Å². The lowest BCUT2D eigenvalue weighted by Crippen LogP contribution is -2.31. The third-order valence-electron chi connectivity index (χ3n) is 4.95. The predicted molar refractivity (Wildman–Crippen MR) is 116 cm³/mol. The summed E-state index contributed by atoms with van der Waals surface area (Å²) < 4.78 is 5.57. The van der Waals surface area contributed by atoms with Gasteiger partial charge in [-0.3, -0.25) is 9.59 Å². The highest BCUT2D eigenvalue weighted by Gasteiger charge is 2.38. The number of carbonyl (C=O) groups excluding carboxylic acids is 2. The zero-order chi connectivity index (χ0) is 21.1. The van der Waals surface area contributed by atoms with Crippen LogP contribution in [0, 0.1) is 11.3 Å². The van der Waals surface area contributed by atoms with Crippen LogP contribution in [0.3, 0.4) is 0 Å². The molecule has 1 aliphatic carbocycles. The molecule has 1 aromatic heterocycles. The maximum atomic E-state index is 12.6. The monoisotopic (exact) mass is 439 g/mol. The number of nitrogens with one attached hydrogen (secondary N) is 2. The number of ketones is 1. The summed E-state index contributed by atoms with van der Waals surface area (Å²) in [5.41, 5.74) is 2.40. The van der Waals surface area contributed by atoms with Gasteiger partial charge in [0.25, 0.3) is 0 Å². The van der Waals surface area contributed by atoms with E-state index in [0.29, 0.717) is 39.1 Å². The summed E-state index contributed by atoms with van der Waals surface area (Å²) in [4.78, 5) is 25.1. The van der Waals surface area contributed by atoms with Crippen molar-refractivity contribution >= 4 is 40.7 Å². The highest BCUT2D eigenvalue weighted by atomic mass is 35.5. The maximum absolute atomic E-state index is 12.6. The minimum atomic E-state index is -0.549. The summed E-state index contributed by atoms with van der Waals surface area (Å²) in [6.07, 6.45) is 3.46. The number of nitrogens with zero attached hydrogens (tertiary/aromatic N) is 1. The van der Waals surface area contributed by atoms with Crippen molar-refractivity contribution in [3.63, 3.8) is 0 Å². The summed E-state index contributed by atoms with van der Waals surface area (Å²) in [5, 5.41) is 17.0. The molecule has 1 amide bonds. The van der Waals surface area contributed by atoms with Crippen molar-refractivity contribution in [2.45, 2.75) is 25.2 Å². The van der Waals surface area contributed by atoms with Crippen LogP contribution in [0.5, 0.6) is 0 Å². The number of hydrogen-bond donors (Lipinski definition) is 2. The van der Waals surface area contributed by atoms with Gasteiger partial charge in [0, 0.05) is 28.4 Å². The van der Waals surface area contributed by atoms with Crippen molar-refractivity contribution < 1.29 is 14.0 Å². The average molecular weight is 440 g/mol. The first kappa shape index (κ1) is 20.3. The molecule has 0 spiro atoms. The molecular formula is C22H18ClN3O3S. The highest BCUT2D eigenvalue weighted by molar-refractivity contribution is 8.03. The number of furan rings is 1. The number of allylic oxidation sites excluding steroid dienone is 3. The maximum Gasteiger partial charge on any atom is 0.234 e. The molecule has 2 aromatic rings. The van der Waals surface area contributed by atoms with E-state index in [1.54, 1.807) is 36.4 Å². The number of halogens is 1. The summed E-state index contributed by atoms with van der Waals surface area (Å²) in [7, 11) is 0. The minimum absolute atomic E-state index is 0.0284. The molecule has 0 bridgehead atoms. The lowest BCUT2D eigenvalue weighted by molar-refractivity contribution is -0.116. The van der Waals surface area contributed by atoms with Crippen LogP contribution >= 0.6 is 23.4 Å². The molecule has 4 rings (SSSR count). The van der Waals surface area contributed by atoms with E-state index < -0.39 is 5.92 Å². The average Bonchev–Trinajstić information content (AvgIpc) is 3.26. The molecule has 1 atom stereocenters. The van der Waals surface area contributed by atoms with E-state index in [1.165, 1.54) is 18.0 Å². The molecule has 1 aromatic carbocycles. The molecule has 2 aliphatic rings. The predicted octanol–water partition coefficient (Wildman–Crippen LogP) is 4.73. The molecule has 0 fully saturated rings.